The van der Waals surface area contributed by atoms with Crippen LogP contribution in [0.5, 0.6) is 0 Å². The van der Waals surface area contributed by atoms with Gasteiger partial charge in [-0.1, -0.05) is 13.3 Å². The lowest BCUT2D eigenvalue weighted by atomic mass is 9.98. The maximum absolute atomic E-state index is 12.2. The van der Waals surface area contributed by atoms with E-state index in [1.807, 2.05) is 28.1 Å². The molecule has 0 radical (unpaired) electrons. The van der Waals surface area contributed by atoms with Crippen LogP contribution in [0.25, 0.3) is 0 Å². The fourth-order valence-corrected chi connectivity index (χ4v) is 2.28. The lowest BCUT2D eigenvalue weighted by Crippen LogP contribution is -2.44. The molecule has 0 rings (SSSR count). The molecule has 0 fully saturated rings. The highest BCUT2D eigenvalue weighted by Gasteiger charge is 2.28. The number of aliphatic hydroxyl groups excluding tert-OH is 1. The molecule has 6 heteroatoms. The van der Waals surface area contributed by atoms with Crippen LogP contribution >= 0.6 is 0 Å². The zero-order chi connectivity index (χ0) is 16.5. The predicted molar refractivity (Wildman–Crippen MR) is 79.8 cm³/mol. The number of carbonyl (C=O) groups is 2. The predicted octanol–water partition coefficient (Wildman–Crippen LogP) is 1.27. The fraction of sp³-hybridized carbons (Fsp3) is 0.867. The Bertz CT molecular complexity index is 325. The Kier molecular flexibility index (Phi) is 9.21. The number of carboxylic acids is 1. The summed E-state index contributed by atoms with van der Waals surface area (Å²) in [5.41, 5.74) is 0. The van der Waals surface area contributed by atoms with Crippen LogP contribution < -0.4 is 0 Å². The summed E-state index contributed by atoms with van der Waals surface area (Å²) in [7, 11) is 5.79. The van der Waals surface area contributed by atoms with Crippen LogP contribution in [0, 0.1) is 5.92 Å². The Morgan fingerprint density at radius 1 is 1.19 bits per heavy atom. The molecule has 0 bridgehead atoms. The van der Waals surface area contributed by atoms with Crippen molar-refractivity contribution in [2.24, 2.45) is 5.92 Å². The van der Waals surface area contributed by atoms with E-state index in [-0.39, 0.29) is 24.9 Å². The highest BCUT2D eigenvalue weighted by Crippen LogP contribution is 2.17. The number of esters is 1. The highest BCUT2D eigenvalue weighted by molar-refractivity contribution is 5.73. The second kappa shape index (κ2) is 9.73. The van der Waals surface area contributed by atoms with E-state index in [2.05, 4.69) is 0 Å². The minimum atomic E-state index is -0.969. The van der Waals surface area contributed by atoms with Crippen molar-refractivity contribution < 1.29 is 29.0 Å². The summed E-state index contributed by atoms with van der Waals surface area (Å²) in [5.74, 6) is -1.57. The van der Waals surface area contributed by atoms with E-state index in [1.165, 1.54) is 0 Å². The van der Waals surface area contributed by atoms with Gasteiger partial charge in [0.1, 0.15) is 6.54 Å². The molecule has 0 amide bonds. The number of hydrogen-bond donors (Lipinski definition) is 2. The average molecular weight is 304 g/mol. The molecule has 2 atom stereocenters. The Labute approximate surface area is 127 Å². The van der Waals surface area contributed by atoms with Crippen LogP contribution in [0.4, 0.5) is 0 Å². The number of quaternary nitrogens is 1. The summed E-state index contributed by atoms with van der Waals surface area (Å²) in [5, 5.41) is 17.8. The maximum Gasteiger partial charge on any atom is 0.309 e. The summed E-state index contributed by atoms with van der Waals surface area (Å²) in [6, 6.07) is 0. The molecule has 0 aromatic rings. The number of likely N-dealkylation sites (N-methyl/N-ethyl adjacent to an activating group) is 1. The molecule has 2 unspecified atom stereocenters. The number of carboxylic acid groups (broad SMARTS) is 1. The first-order valence-electron chi connectivity index (χ1n) is 7.53. The Morgan fingerprint density at radius 3 is 2.24 bits per heavy atom. The second-order valence-electron chi connectivity index (χ2n) is 6.48. The van der Waals surface area contributed by atoms with Crippen molar-refractivity contribution >= 4 is 11.9 Å². The summed E-state index contributed by atoms with van der Waals surface area (Å²) < 4.78 is 5.96. The molecule has 0 aromatic heterocycles. The van der Waals surface area contributed by atoms with Gasteiger partial charge in [0.25, 0.3) is 0 Å². The zero-order valence-corrected chi connectivity index (χ0v) is 13.7. The third-order valence-electron chi connectivity index (χ3n) is 3.12. The van der Waals surface area contributed by atoms with Gasteiger partial charge in [-0.15, -0.1) is 0 Å². The van der Waals surface area contributed by atoms with Gasteiger partial charge in [0.15, 0.2) is 6.10 Å². The number of hydrogen-bond acceptors (Lipinski definition) is 4. The van der Waals surface area contributed by atoms with Crippen molar-refractivity contribution in [3.8, 4) is 0 Å². The Morgan fingerprint density at radius 2 is 1.81 bits per heavy atom. The Balaban J connectivity index is 4.69. The normalized spacial score (nSPS) is 14.5. The second-order valence-corrected chi connectivity index (χ2v) is 6.48. The van der Waals surface area contributed by atoms with Crippen molar-refractivity contribution in [1.82, 2.24) is 0 Å². The van der Waals surface area contributed by atoms with Gasteiger partial charge in [-0.25, -0.2) is 0 Å². The van der Waals surface area contributed by atoms with E-state index < -0.39 is 12.1 Å². The molecule has 6 nitrogen and oxygen atoms in total. The van der Waals surface area contributed by atoms with Crippen LogP contribution in [0.2, 0.25) is 0 Å². The van der Waals surface area contributed by atoms with Crippen molar-refractivity contribution in [3.63, 3.8) is 0 Å². The van der Waals surface area contributed by atoms with Crippen LogP contribution in [-0.4, -0.2) is 67.0 Å². The molecule has 0 aliphatic carbocycles. The minimum Gasteiger partial charge on any atom is -0.481 e. The lowest BCUT2D eigenvalue weighted by Gasteiger charge is -2.29. The molecule has 21 heavy (non-hydrogen) atoms. The van der Waals surface area contributed by atoms with Gasteiger partial charge in [-0.2, -0.15) is 0 Å². The molecule has 0 aromatic carbocycles. The van der Waals surface area contributed by atoms with Gasteiger partial charge in [0.2, 0.25) is 0 Å². The Hall–Kier alpha value is -1.14. The van der Waals surface area contributed by atoms with Gasteiger partial charge < -0.3 is 19.4 Å². The van der Waals surface area contributed by atoms with E-state index in [4.69, 9.17) is 14.9 Å². The van der Waals surface area contributed by atoms with Crippen molar-refractivity contribution in [2.45, 2.75) is 45.1 Å². The van der Waals surface area contributed by atoms with Crippen LogP contribution in [0.1, 0.15) is 39.0 Å². The van der Waals surface area contributed by atoms with E-state index in [1.54, 1.807) is 0 Å². The van der Waals surface area contributed by atoms with E-state index >= 15 is 0 Å². The van der Waals surface area contributed by atoms with Crippen molar-refractivity contribution in [2.75, 3.05) is 34.3 Å². The smallest absolute Gasteiger partial charge is 0.309 e. The average Bonchev–Trinajstić information content (AvgIpc) is 2.31. The highest BCUT2D eigenvalue weighted by atomic mass is 16.5. The summed E-state index contributed by atoms with van der Waals surface area (Å²) in [4.78, 5) is 23.1. The SMILES string of the molecule is CCCC(CCCO)C(=O)OC(CC(=O)O)C[N+](C)(C)C. The van der Waals surface area contributed by atoms with E-state index in [9.17, 15) is 9.59 Å². The molecular weight excluding hydrogens is 274 g/mol. The quantitative estimate of drug-likeness (QED) is 0.443. The number of aliphatic carboxylic acids is 1. The monoisotopic (exact) mass is 304 g/mol. The molecule has 0 saturated carbocycles. The molecule has 0 saturated heterocycles. The third-order valence-corrected chi connectivity index (χ3v) is 3.12. The van der Waals surface area contributed by atoms with Crippen molar-refractivity contribution in [1.29, 1.82) is 0 Å². The number of rotatable bonds is 11. The molecule has 2 N–H and O–H groups in total. The van der Waals surface area contributed by atoms with E-state index in [0.717, 1.165) is 6.42 Å². The van der Waals surface area contributed by atoms with Gasteiger partial charge in [0, 0.05) is 6.61 Å². The first kappa shape index (κ1) is 19.9. The van der Waals surface area contributed by atoms with Gasteiger partial charge in [0.05, 0.1) is 33.5 Å². The number of aliphatic hydroxyl groups is 1. The molecule has 0 spiro atoms. The molecule has 0 heterocycles. The number of ether oxygens (including phenoxy) is 1. The van der Waals surface area contributed by atoms with Gasteiger partial charge >= 0.3 is 11.9 Å². The summed E-state index contributed by atoms with van der Waals surface area (Å²) in [6.45, 7) is 2.49. The summed E-state index contributed by atoms with van der Waals surface area (Å²) >= 11 is 0. The molecule has 124 valence electrons. The first-order valence-corrected chi connectivity index (χ1v) is 7.53. The molecule has 0 aliphatic rings. The van der Waals surface area contributed by atoms with Crippen LogP contribution in [0.15, 0.2) is 0 Å². The third kappa shape index (κ3) is 10.3. The van der Waals surface area contributed by atoms with Crippen LogP contribution in [-0.2, 0) is 14.3 Å². The number of nitrogens with zero attached hydrogens (tertiary/aromatic N) is 1. The fourth-order valence-electron chi connectivity index (χ4n) is 2.28. The largest absolute Gasteiger partial charge is 0.481 e. The van der Waals surface area contributed by atoms with E-state index in [0.29, 0.717) is 30.3 Å². The number of carbonyl (C=O) groups excluding carboxylic acids is 1. The summed E-state index contributed by atoms with van der Waals surface area (Å²) in [6.07, 6.45) is 1.88. The van der Waals surface area contributed by atoms with Crippen molar-refractivity contribution in [3.05, 3.63) is 0 Å². The van der Waals surface area contributed by atoms with Gasteiger partial charge in [-0.3, -0.25) is 9.59 Å². The molecular formula is C15H30NO5+. The molecule has 0 aliphatic heterocycles. The lowest BCUT2D eigenvalue weighted by molar-refractivity contribution is -0.873. The van der Waals surface area contributed by atoms with Gasteiger partial charge in [-0.05, 0) is 19.3 Å². The standard InChI is InChI=1S/C15H29NO5/c1-5-7-12(8-6-9-17)15(20)21-13(10-14(18)19)11-16(2,3)4/h12-13,17H,5-11H2,1-4H3/p+1. The van der Waals surface area contributed by atoms with Crippen LogP contribution in [0.3, 0.4) is 0 Å². The maximum atomic E-state index is 12.2. The first-order chi connectivity index (χ1) is 9.69. The minimum absolute atomic E-state index is 0.0466. The zero-order valence-electron chi connectivity index (χ0n) is 13.7. The topological polar surface area (TPSA) is 83.8 Å².